The monoisotopic (exact) mass is 236 g/mol. The first-order valence-corrected chi connectivity index (χ1v) is 6.04. The van der Waals surface area contributed by atoms with E-state index in [9.17, 15) is 4.79 Å². The average Bonchev–Trinajstić information content (AvgIpc) is 2.88. The number of hydrogen-bond acceptors (Lipinski definition) is 3. The summed E-state index contributed by atoms with van der Waals surface area (Å²) >= 11 is 0. The zero-order valence-electron chi connectivity index (χ0n) is 10.5. The normalized spacial score (nSPS) is 23.9. The number of aromatic nitrogens is 2. The summed E-state index contributed by atoms with van der Waals surface area (Å²) < 4.78 is 1.93. The Morgan fingerprint density at radius 2 is 2.41 bits per heavy atom. The van der Waals surface area contributed by atoms with Crippen LogP contribution in [-0.4, -0.2) is 33.4 Å². The Kier molecular flexibility index (Phi) is 3.47. The Balaban J connectivity index is 1.94. The number of nitrogens with zero attached hydrogens (tertiary/aromatic N) is 3. The molecule has 1 aromatic heterocycles. The number of carbonyl (C=O) groups is 1. The van der Waals surface area contributed by atoms with Crippen LogP contribution in [0, 0.1) is 5.92 Å². The van der Waals surface area contributed by atoms with Gasteiger partial charge in [0.15, 0.2) is 0 Å². The maximum atomic E-state index is 12.2. The number of rotatable bonds is 3. The van der Waals surface area contributed by atoms with Crippen LogP contribution in [0.15, 0.2) is 12.4 Å². The molecule has 0 aliphatic heterocycles. The highest BCUT2D eigenvalue weighted by atomic mass is 16.2. The van der Waals surface area contributed by atoms with Crippen LogP contribution >= 0.6 is 0 Å². The smallest absolute Gasteiger partial charge is 0.225 e. The predicted molar refractivity (Wildman–Crippen MR) is 65.0 cm³/mol. The molecular formula is C12H20N4O. The summed E-state index contributed by atoms with van der Waals surface area (Å²) in [5, 5.41) is 0. The summed E-state index contributed by atoms with van der Waals surface area (Å²) in [6.45, 7) is 0.564. The van der Waals surface area contributed by atoms with Crippen LogP contribution in [0.4, 0.5) is 0 Å². The summed E-state index contributed by atoms with van der Waals surface area (Å²) in [6, 6.07) is 0.200. The fourth-order valence-electron chi connectivity index (χ4n) is 2.39. The van der Waals surface area contributed by atoms with Crippen LogP contribution < -0.4 is 5.73 Å². The van der Waals surface area contributed by atoms with Gasteiger partial charge in [-0.2, -0.15) is 0 Å². The molecule has 1 saturated carbocycles. The van der Waals surface area contributed by atoms with Crippen LogP contribution in [0.3, 0.4) is 0 Å². The zero-order chi connectivity index (χ0) is 12.4. The molecular weight excluding hydrogens is 216 g/mol. The van der Waals surface area contributed by atoms with Crippen molar-refractivity contribution < 1.29 is 4.79 Å². The fraction of sp³-hybridized carbons (Fsp3) is 0.667. The molecule has 0 saturated heterocycles. The Bertz CT molecular complexity index is 401. The Morgan fingerprint density at radius 1 is 1.65 bits per heavy atom. The van der Waals surface area contributed by atoms with Crippen molar-refractivity contribution in [2.24, 2.45) is 18.7 Å². The molecule has 17 heavy (non-hydrogen) atoms. The van der Waals surface area contributed by atoms with Gasteiger partial charge in [-0.05, 0) is 19.3 Å². The molecule has 1 aliphatic carbocycles. The molecule has 2 atom stereocenters. The molecule has 1 heterocycles. The van der Waals surface area contributed by atoms with Crippen molar-refractivity contribution in [1.82, 2.24) is 14.5 Å². The van der Waals surface area contributed by atoms with Crippen molar-refractivity contribution in [3.8, 4) is 0 Å². The van der Waals surface area contributed by atoms with E-state index in [2.05, 4.69) is 4.98 Å². The first-order valence-electron chi connectivity index (χ1n) is 6.04. The second kappa shape index (κ2) is 4.87. The molecule has 1 aromatic rings. The van der Waals surface area contributed by atoms with Crippen molar-refractivity contribution in [2.45, 2.75) is 31.8 Å². The van der Waals surface area contributed by atoms with Crippen molar-refractivity contribution in [1.29, 1.82) is 0 Å². The first-order chi connectivity index (χ1) is 8.08. The van der Waals surface area contributed by atoms with Gasteiger partial charge >= 0.3 is 0 Å². The number of hydrogen-bond donors (Lipinski definition) is 1. The highest BCUT2D eigenvalue weighted by molar-refractivity contribution is 5.78. The van der Waals surface area contributed by atoms with Crippen molar-refractivity contribution >= 4 is 5.91 Å². The molecule has 0 spiro atoms. The van der Waals surface area contributed by atoms with Crippen LogP contribution in [0.25, 0.3) is 0 Å². The largest absolute Gasteiger partial charge is 0.338 e. The number of amides is 1. The summed E-state index contributed by atoms with van der Waals surface area (Å²) in [6.07, 6.45) is 6.35. The molecule has 2 N–H and O–H groups in total. The van der Waals surface area contributed by atoms with E-state index in [-0.39, 0.29) is 17.9 Å². The van der Waals surface area contributed by atoms with E-state index in [1.165, 1.54) is 0 Å². The quantitative estimate of drug-likeness (QED) is 0.831. The number of nitrogens with two attached hydrogens (primary N) is 1. The molecule has 0 bridgehead atoms. The van der Waals surface area contributed by atoms with E-state index in [0.29, 0.717) is 6.54 Å². The second-order valence-corrected chi connectivity index (χ2v) is 4.92. The van der Waals surface area contributed by atoms with Gasteiger partial charge in [0, 0.05) is 38.4 Å². The summed E-state index contributed by atoms with van der Waals surface area (Å²) in [7, 11) is 3.77. The first kappa shape index (κ1) is 12.1. The topological polar surface area (TPSA) is 64.2 Å². The number of imidazole rings is 1. The zero-order valence-corrected chi connectivity index (χ0v) is 10.5. The van der Waals surface area contributed by atoms with Crippen molar-refractivity contribution in [2.75, 3.05) is 7.05 Å². The van der Waals surface area contributed by atoms with E-state index < -0.39 is 0 Å². The second-order valence-electron chi connectivity index (χ2n) is 4.92. The average molecular weight is 236 g/mol. The van der Waals surface area contributed by atoms with Gasteiger partial charge in [0.2, 0.25) is 5.91 Å². The van der Waals surface area contributed by atoms with E-state index in [1.54, 1.807) is 11.1 Å². The van der Waals surface area contributed by atoms with Gasteiger partial charge in [0.25, 0.3) is 0 Å². The molecule has 94 valence electrons. The Hall–Kier alpha value is -1.36. The van der Waals surface area contributed by atoms with Gasteiger partial charge < -0.3 is 15.2 Å². The lowest BCUT2D eigenvalue weighted by atomic mass is 10.1. The molecule has 1 amide bonds. The van der Waals surface area contributed by atoms with Crippen LogP contribution in [0.5, 0.6) is 0 Å². The molecule has 0 aromatic carbocycles. The third-order valence-electron chi connectivity index (χ3n) is 3.50. The molecule has 0 radical (unpaired) electrons. The van der Waals surface area contributed by atoms with Crippen LogP contribution in [0.1, 0.15) is 25.1 Å². The molecule has 2 unspecified atom stereocenters. The summed E-state index contributed by atoms with van der Waals surface area (Å²) in [4.78, 5) is 18.1. The lowest BCUT2D eigenvalue weighted by Crippen LogP contribution is -2.33. The SMILES string of the molecule is CN(Cc1nccn1C)C(=O)C1CCC(N)C1. The van der Waals surface area contributed by atoms with Gasteiger partial charge in [-0.1, -0.05) is 0 Å². The Labute approximate surface area is 102 Å². The lowest BCUT2D eigenvalue weighted by Gasteiger charge is -2.20. The maximum absolute atomic E-state index is 12.2. The Morgan fingerprint density at radius 3 is 2.94 bits per heavy atom. The van der Waals surface area contributed by atoms with Gasteiger partial charge in [-0.15, -0.1) is 0 Å². The third-order valence-corrected chi connectivity index (χ3v) is 3.50. The van der Waals surface area contributed by atoms with Gasteiger partial charge in [0.1, 0.15) is 5.82 Å². The fourth-order valence-corrected chi connectivity index (χ4v) is 2.39. The van der Waals surface area contributed by atoms with Gasteiger partial charge in [-0.3, -0.25) is 4.79 Å². The van der Waals surface area contributed by atoms with Gasteiger partial charge in [-0.25, -0.2) is 4.98 Å². The molecule has 5 nitrogen and oxygen atoms in total. The molecule has 5 heteroatoms. The van der Waals surface area contributed by atoms with E-state index in [1.807, 2.05) is 24.9 Å². The third kappa shape index (κ3) is 2.66. The lowest BCUT2D eigenvalue weighted by molar-refractivity contribution is -0.134. The summed E-state index contributed by atoms with van der Waals surface area (Å²) in [5.74, 6) is 1.21. The highest BCUT2D eigenvalue weighted by Gasteiger charge is 2.29. The number of aryl methyl sites for hydroxylation is 1. The molecule has 2 rings (SSSR count). The minimum Gasteiger partial charge on any atom is -0.338 e. The van der Waals surface area contributed by atoms with E-state index in [0.717, 1.165) is 25.1 Å². The summed E-state index contributed by atoms with van der Waals surface area (Å²) in [5.41, 5.74) is 5.84. The van der Waals surface area contributed by atoms with Crippen LogP contribution in [0.2, 0.25) is 0 Å². The predicted octanol–water partition coefficient (Wildman–Crippen LogP) is 0.506. The molecule has 1 aliphatic rings. The molecule has 1 fully saturated rings. The van der Waals surface area contributed by atoms with Crippen molar-refractivity contribution in [3.63, 3.8) is 0 Å². The minimum atomic E-state index is 0.107. The standard InChI is InChI=1S/C12H20N4O/c1-15-6-5-14-11(15)8-16(2)12(17)9-3-4-10(13)7-9/h5-6,9-10H,3-4,7-8,13H2,1-2H3. The van der Waals surface area contributed by atoms with Crippen molar-refractivity contribution in [3.05, 3.63) is 18.2 Å². The van der Waals surface area contributed by atoms with Gasteiger partial charge in [0.05, 0.1) is 6.54 Å². The van der Waals surface area contributed by atoms with Crippen LogP contribution in [-0.2, 0) is 18.4 Å². The minimum absolute atomic E-state index is 0.107. The van der Waals surface area contributed by atoms with E-state index >= 15 is 0 Å². The van der Waals surface area contributed by atoms with E-state index in [4.69, 9.17) is 5.73 Å². The highest BCUT2D eigenvalue weighted by Crippen LogP contribution is 2.25. The number of carbonyl (C=O) groups excluding carboxylic acids is 1. The maximum Gasteiger partial charge on any atom is 0.225 e.